The molecule has 0 saturated carbocycles. The molecule has 7 heteroatoms. The number of hydrogen-bond donors (Lipinski definition) is 4. The monoisotopic (exact) mass is 524 g/mol. The number of aliphatic carboxylic acids is 1. The molecule has 4 N–H and O–H groups in total. The van der Waals surface area contributed by atoms with Gasteiger partial charge in [0.1, 0.15) is 5.75 Å². The summed E-state index contributed by atoms with van der Waals surface area (Å²) in [5.74, 6) is -0.605. The molecule has 0 saturated heterocycles. The maximum Gasteiger partial charge on any atom is 0.328 e. The fraction of sp³-hybridized carbons (Fsp3) is 0.188. The van der Waals surface area contributed by atoms with Gasteiger partial charge < -0.3 is 15.2 Å². The van der Waals surface area contributed by atoms with E-state index >= 15 is 0 Å². The van der Waals surface area contributed by atoms with E-state index in [4.69, 9.17) is 15.1 Å². The summed E-state index contributed by atoms with van der Waals surface area (Å²) in [6.07, 6.45) is 4.23. The third-order valence-corrected chi connectivity index (χ3v) is 6.36. The van der Waals surface area contributed by atoms with Gasteiger partial charge in [-0.25, -0.2) is 10.3 Å². The molecule has 0 spiro atoms. The first-order valence-corrected chi connectivity index (χ1v) is 12.9. The SMILES string of the molecule is O=C(O)/C=C/c1ccc(-c2ccc(OCCCCC(=O)NO)c(CNCc3ccc4ccccc4c3)c2)cc1. The predicted molar refractivity (Wildman–Crippen MR) is 152 cm³/mol. The van der Waals surface area contributed by atoms with Crippen LogP contribution in [0.1, 0.15) is 36.0 Å². The Morgan fingerprint density at radius 3 is 2.36 bits per heavy atom. The largest absolute Gasteiger partial charge is 0.493 e. The number of benzene rings is 4. The van der Waals surface area contributed by atoms with Gasteiger partial charge in [0.25, 0.3) is 0 Å². The van der Waals surface area contributed by atoms with Gasteiger partial charge in [0.2, 0.25) is 5.91 Å². The molecular weight excluding hydrogens is 492 g/mol. The van der Waals surface area contributed by atoms with E-state index in [0.717, 1.165) is 34.1 Å². The molecule has 0 aromatic heterocycles. The Kier molecular flexibility index (Phi) is 9.83. The number of hydrogen-bond acceptors (Lipinski definition) is 5. The predicted octanol–water partition coefficient (Wildman–Crippen LogP) is 5.95. The van der Waals surface area contributed by atoms with Crippen molar-refractivity contribution in [3.8, 4) is 16.9 Å². The number of carboxylic acids is 1. The standard InChI is InChI=1S/C32H32N2O5/c35-31(34-38)7-3-4-18-39-30-16-15-28(26-12-8-23(9-13-26)11-17-32(36)37)20-29(30)22-33-21-24-10-14-25-5-1-2-6-27(25)19-24/h1-2,5-6,8-17,19-20,33,38H,3-4,7,18,21-22H2,(H,34,35)(H,36,37)/b17-11+. The minimum absolute atomic E-state index is 0.247. The third kappa shape index (κ3) is 8.26. The average Bonchev–Trinajstić information content (AvgIpc) is 2.96. The quantitative estimate of drug-likeness (QED) is 0.0745. The Balaban J connectivity index is 1.46. The fourth-order valence-electron chi connectivity index (χ4n) is 4.31. The second-order valence-electron chi connectivity index (χ2n) is 9.24. The van der Waals surface area contributed by atoms with Crippen molar-refractivity contribution in [2.24, 2.45) is 0 Å². The van der Waals surface area contributed by atoms with Gasteiger partial charge in [-0.2, -0.15) is 0 Å². The highest BCUT2D eigenvalue weighted by Gasteiger charge is 2.09. The molecule has 4 aromatic rings. The van der Waals surface area contributed by atoms with Gasteiger partial charge in [-0.15, -0.1) is 0 Å². The molecule has 0 aliphatic heterocycles. The number of carbonyl (C=O) groups is 2. The molecule has 200 valence electrons. The van der Waals surface area contributed by atoms with Gasteiger partial charge in [0.05, 0.1) is 6.61 Å². The fourth-order valence-corrected chi connectivity index (χ4v) is 4.31. The van der Waals surface area contributed by atoms with Crippen molar-refractivity contribution in [2.45, 2.75) is 32.4 Å². The van der Waals surface area contributed by atoms with Crippen LogP contribution in [0.4, 0.5) is 0 Å². The van der Waals surface area contributed by atoms with E-state index in [1.165, 1.54) is 16.3 Å². The minimum atomic E-state index is -0.979. The van der Waals surface area contributed by atoms with Crippen molar-refractivity contribution in [3.05, 3.63) is 108 Å². The molecule has 0 aliphatic carbocycles. The van der Waals surface area contributed by atoms with Crippen LogP contribution in [0, 0.1) is 0 Å². The van der Waals surface area contributed by atoms with Crippen molar-refractivity contribution in [1.82, 2.24) is 10.8 Å². The summed E-state index contributed by atoms with van der Waals surface area (Å²) in [5, 5.41) is 23.4. The highest BCUT2D eigenvalue weighted by molar-refractivity contribution is 5.85. The van der Waals surface area contributed by atoms with Gasteiger partial charge in [-0.05, 0) is 70.1 Å². The number of rotatable bonds is 13. The van der Waals surface area contributed by atoms with Crippen LogP contribution in [0.15, 0.2) is 91.0 Å². The molecule has 0 bridgehead atoms. The maximum absolute atomic E-state index is 11.2. The normalized spacial score (nSPS) is 11.1. The van der Waals surface area contributed by atoms with Crippen LogP contribution in [0.5, 0.6) is 5.75 Å². The highest BCUT2D eigenvalue weighted by Crippen LogP contribution is 2.28. The number of amides is 1. The summed E-state index contributed by atoms with van der Waals surface area (Å²) in [6.45, 7) is 1.76. The Labute approximate surface area is 227 Å². The van der Waals surface area contributed by atoms with Crippen LogP contribution in [0.2, 0.25) is 0 Å². The Hall–Kier alpha value is -4.46. The van der Waals surface area contributed by atoms with Crippen LogP contribution >= 0.6 is 0 Å². The zero-order valence-electron chi connectivity index (χ0n) is 21.6. The van der Waals surface area contributed by atoms with Crippen LogP contribution in [-0.4, -0.2) is 28.8 Å². The molecule has 0 fully saturated rings. The lowest BCUT2D eigenvalue weighted by Crippen LogP contribution is -2.18. The molecule has 39 heavy (non-hydrogen) atoms. The van der Waals surface area contributed by atoms with Crippen molar-refractivity contribution in [3.63, 3.8) is 0 Å². The van der Waals surface area contributed by atoms with Crippen LogP contribution < -0.4 is 15.5 Å². The first-order valence-electron chi connectivity index (χ1n) is 12.9. The molecule has 4 aromatic carbocycles. The number of fused-ring (bicyclic) bond motifs is 1. The van der Waals surface area contributed by atoms with Crippen molar-refractivity contribution < 1.29 is 24.6 Å². The molecule has 7 nitrogen and oxygen atoms in total. The molecule has 0 atom stereocenters. The number of carbonyl (C=O) groups excluding carboxylic acids is 1. The highest BCUT2D eigenvalue weighted by atomic mass is 16.5. The molecule has 0 aliphatic rings. The maximum atomic E-state index is 11.2. The minimum Gasteiger partial charge on any atom is -0.493 e. The number of nitrogens with one attached hydrogen (secondary N) is 2. The Morgan fingerprint density at radius 1 is 0.821 bits per heavy atom. The van der Waals surface area contributed by atoms with Gasteiger partial charge in [-0.3, -0.25) is 10.0 Å². The summed E-state index contributed by atoms with van der Waals surface area (Å²) >= 11 is 0. The lowest BCUT2D eigenvalue weighted by atomic mass is 10.0. The lowest BCUT2D eigenvalue weighted by molar-refractivity contribution is -0.131. The number of hydroxylamine groups is 1. The lowest BCUT2D eigenvalue weighted by Gasteiger charge is -2.15. The molecule has 0 heterocycles. The van der Waals surface area contributed by atoms with E-state index in [2.05, 4.69) is 41.7 Å². The van der Waals surface area contributed by atoms with Gasteiger partial charge in [-0.1, -0.05) is 66.7 Å². The second kappa shape index (κ2) is 13.9. The summed E-state index contributed by atoms with van der Waals surface area (Å²) in [5.41, 5.74) is 6.71. The van der Waals surface area contributed by atoms with Gasteiger partial charge in [0, 0.05) is 31.1 Å². The zero-order valence-corrected chi connectivity index (χ0v) is 21.6. The van der Waals surface area contributed by atoms with Crippen LogP contribution in [-0.2, 0) is 22.7 Å². The average molecular weight is 525 g/mol. The summed E-state index contributed by atoms with van der Waals surface area (Å²) in [4.78, 5) is 22.0. The smallest absolute Gasteiger partial charge is 0.328 e. The van der Waals surface area contributed by atoms with Gasteiger partial charge >= 0.3 is 5.97 Å². The van der Waals surface area contributed by atoms with E-state index in [9.17, 15) is 9.59 Å². The Morgan fingerprint density at radius 2 is 1.59 bits per heavy atom. The van der Waals surface area contributed by atoms with Crippen molar-refractivity contribution >= 4 is 28.7 Å². The number of unbranched alkanes of at least 4 members (excludes halogenated alkanes) is 1. The van der Waals surface area contributed by atoms with Crippen LogP contribution in [0.3, 0.4) is 0 Å². The first kappa shape index (κ1) is 27.6. The zero-order chi connectivity index (χ0) is 27.5. The molecule has 4 rings (SSSR count). The molecular formula is C32H32N2O5. The Bertz CT molecular complexity index is 1450. The summed E-state index contributed by atoms with van der Waals surface area (Å²) in [6, 6.07) is 28.5. The first-order chi connectivity index (χ1) is 19.0. The van der Waals surface area contributed by atoms with Crippen molar-refractivity contribution in [2.75, 3.05) is 6.61 Å². The van der Waals surface area contributed by atoms with E-state index in [0.29, 0.717) is 32.5 Å². The van der Waals surface area contributed by atoms with E-state index in [-0.39, 0.29) is 6.42 Å². The van der Waals surface area contributed by atoms with Gasteiger partial charge in [0.15, 0.2) is 0 Å². The topological polar surface area (TPSA) is 108 Å². The number of ether oxygens (including phenoxy) is 1. The van der Waals surface area contributed by atoms with Crippen molar-refractivity contribution in [1.29, 1.82) is 0 Å². The third-order valence-electron chi connectivity index (χ3n) is 6.36. The molecule has 0 unspecified atom stereocenters. The summed E-state index contributed by atoms with van der Waals surface area (Å²) in [7, 11) is 0. The van der Waals surface area contributed by atoms with E-state index in [1.54, 1.807) is 11.6 Å². The molecule has 1 amide bonds. The molecule has 0 radical (unpaired) electrons. The van der Waals surface area contributed by atoms with Crippen LogP contribution in [0.25, 0.3) is 28.0 Å². The number of carboxylic acid groups (broad SMARTS) is 1. The second-order valence-corrected chi connectivity index (χ2v) is 9.24. The van der Waals surface area contributed by atoms with E-state index < -0.39 is 11.9 Å². The van der Waals surface area contributed by atoms with E-state index in [1.807, 2.05) is 48.5 Å². The summed E-state index contributed by atoms with van der Waals surface area (Å²) < 4.78 is 6.08.